The van der Waals surface area contributed by atoms with Crippen LogP contribution >= 0.6 is 0 Å². The standard InChI is InChI=1S/C21H35N3O3S/c1-17(2)10-11-22-20(25)16-23-12-14-24(15-13-23)28(26,27)19-8-6-18(7-9-19)21(3,4)5/h6-9,17H,10-16H2,1-5H3,(H,22,25). The van der Waals surface area contributed by atoms with Gasteiger partial charge in [0.05, 0.1) is 11.4 Å². The van der Waals surface area contributed by atoms with Crippen LogP contribution in [0.25, 0.3) is 0 Å². The lowest BCUT2D eigenvalue weighted by atomic mass is 9.87. The van der Waals surface area contributed by atoms with Crippen molar-refractivity contribution in [3.05, 3.63) is 29.8 Å². The van der Waals surface area contributed by atoms with Crippen LogP contribution in [0.4, 0.5) is 0 Å². The van der Waals surface area contributed by atoms with Crippen LogP contribution in [0.15, 0.2) is 29.2 Å². The van der Waals surface area contributed by atoms with E-state index in [2.05, 4.69) is 39.9 Å². The number of rotatable bonds is 7. The highest BCUT2D eigenvalue weighted by Crippen LogP contribution is 2.25. The van der Waals surface area contributed by atoms with Gasteiger partial charge in [-0.1, -0.05) is 46.8 Å². The van der Waals surface area contributed by atoms with Gasteiger partial charge >= 0.3 is 0 Å². The Morgan fingerprint density at radius 1 is 1.07 bits per heavy atom. The fraction of sp³-hybridized carbons (Fsp3) is 0.667. The summed E-state index contributed by atoms with van der Waals surface area (Å²) in [5.41, 5.74) is 1.10. The molecule has 0 spiro atoms. The van der Waals surface area contributed by atoms with Crippen molar-refractivity contribution in [2.45, 2.75) is 51.3 Å². The maximum absolute atomic E-state index is 12.9. The smallest absolute Gasteiger partial charge is 0.243 e. The Balaban J connectivity index is 1.88. The summed E-state index contributed by atoms with van der Waals surface area (Å²) in [7, 11) is -3.49. The zero-order chi connectivity index (χ0) is 20.9. The Morgan fingerprint density at radius 2 is 1.64 bits per heavy atom. The summed E-state index contributed by atoms with van der Waals surface area (Å²) in [5, 5.41) is 2.93. The van der Waals surface area contributed by atoms with E-state index in [1.807, 2.05) is 17.0 Å². The summed E-state index contributed by atoms with van der Waals surface area (Å²) in [6, 6.07) is 7.18. The summed E-state index contributed by atoms with van der Waals surface area (Å²) in [5.74, 6) is 0.571. The second kappa shape index (κ2) is 9.37. The molecule has 0 bridgehead atoms. The van der Waals surface area contributed by atoms with Gasteiger partial charge in [-0.05, 0) is 35.4 Å². The number of nitrogens with zero attached hydrogens (tertiary/aromatic N) is 2. The summed E-state index contributed by atoms with van der Waals surface area (Å²) >= 11 is 0. The average molecular weight is 410 g/mol. The van der Waals surface area contributed by atoms with Crippen molar-refractivity contribution in [1.82, 2.24) is 14.5 Å². The maximum atomic E-state index is 12.9. The number of carbonyl (C=O) groups excluding carboxylic acids is 1. The molecule has 0 aliphatic carbocycles. The minimum Gasteiger partial charge on any atom is -0.355 e. The Labute approximate surface area is 170 Å². The Bertz CT molecular complexity index is 744. The summed E-state index contributed by atoms with van der Waals surface area (Å²) < 4.78 is 27.3. The van der Waals surface area contributed by atoms with Crippen LogP contribution < -0.4 is 5.32 Å². The quantitative estimate of drug-likeness (QED) is 0.751. The van der Waals surface area contributed by atoms with Crippen LogP contribution in [0.3, 0.4) is 0 Å². The number of hydrogen-bond acceptors (Lipinski definition) is 4. The Kier molecular flexibility index (Phi) is 7.65. The number of benzene rings is 1. The zero-order valence-electron chi connectivity index (χ0n) is 17.9. The lowest BCUT2D eigenvalue weighted by molar-refractivity contribution is -0.122. The molecule has 1 N–H and O–H groups in total. The van der Waals surface area contributed by atoms with Crippen LogP contribution in [0.5, 0.6) is 0 Å². The molecule has 1 saturated heterocycles. The largest absolute Gasteiger partial charge is 0.355 e. The van der Waals surface area contributed by atoms with Crippen molar-refractivity contribution in [2.75, 3.05) is 39.3 Å². The van der Waals surface area contributed by atoms with Gasteiger partial charge in [0.1, 0.15) is 0 Å². The SMILES string of the molecule is CC(C)CCNC(=O)CN1CCN(S(=O)(=O)c2ccc(C(C)(C)C)cc2)CC1. The monoisotopic (exact) mass is 409 g/mol. The fourth-order valence-corrected chi connectivity index (χ4v) is 4.59. The zero-order valence-corrected chi connectivity index (χ0v) is 18.7. The molecule has 0 saturated carbocycles. The lowest BCUT2D eigenvalue weighted by Crippen LogP contribution is -2.51. The van der Waals surface area contributed by atoms with Gasteiger partial charge in [0, 0.05) is 32.7 Å². The van der Waals surface area contributed by atoms with Crippen molar-refractivity contribution in [1.29, 1.82) is 0 Å². The minimum atomic E-state index is -3.49. The Hall–Kier alpha value is -1.44. The molecule has 0 aromatic heterocycles. The molecular weight excluding hydrogens is 374 g/mol. The van der Waals surface area contributed by atoms with E-state index in [1.54, 1.807) is 12.1 Å². The highest BCUT2D eigenvalue weighted by Gasteiger charge is 2.29. The molecule has 1 aliphatic rings. The van der Waals surface area contributed by atoms with Gasteiger partial charge in [-0.3, -0.25) is 9.69 Å². The topological polar surface area (TPSA) is 69.7 Å². The molecular formula is C21H35N3O3S. The predicted molar refractivity (Wildman–Crippen MR) is 113 cm³/mol. The second-order valence-corrected chi connectivity index (χ2v) is 10.9. The van der Waals surface area contributed by atoms with E-state index in [9.17, 15) is 13.2 Å². The van der Waals surface area contributed by atoms with Crippen LogP contribution in [0.2, 0.25) is 0 Å². The number of nitrogens with one attached hydrogen (secondary N) is 1. The molecule has 28 heavy (non-hydrogen) atoms. The predicted octanol–water partition coefficient (Wildman–Crippen LogP) is 2.45. The first-order valence-electron chi connectivity index (χ1n) is 10.1. The van der Waals surface area contributed by atoms with E-state index in [0.717, 1.165) is 12.0 Å². The van der Waals surface area contributed by atoms with E-state index >= 15 is 0 Å². The number of sulfonamides is 1. The molecule has 1 heterocycles. The highest BCUT2D eigenvalue weighted by atomic mass is 32.2. The maximum Gasteiger partial charge on any atom is 0.243 e. The normalized spacial score (nSPS) is 17.1. The Morgan fingerprint density at radius 3 is 2.14 bits per heavy atom. The van der Waals surface area contributed by atoms with Crippen molar-refractivity contribution in [3.63, 3.8) is 0 Å². The van der Waals surface area contributed by atoms with Gasteiger partial charge in [-0.2, -0.15) is 4.31 Å². The molecule has 1 aromatic carbocycles. The van der Waals surface area contributed by atoms with Crippen molar-refractivity contribution in [3.8, 4) is 0 Å². The van der Waals surface area contributed by atoms with E-state index in [1.165, 1.54) is 4.31 Å². The van der Waals surface area contributed by atoms with Crippen LogP contribution in [-0.4, -0.2) is 62.8 Å². The first kappa shape index (κ1) is 22.8. The second-order valence-electron chi connectivity index (χ2n) is 8.99. The first-order valence-corrected chi connectivity index (χ1v) is 11.5. The summed E-state index contributed by atoms with van der Waals surface area (Å²) in [6.45, 7) is 13.5. The van der Waals surface area contributed by atoms with E-state index in [0.29, 0.717) is 50.1 Å². The first-order chi connectivity index (χ1) is 13.0. The molecule has 6 nitrogen and oxygen atoms in total. The van der Waals surface area contributed by atoms with Crippen LogP contribution in [0.1, 0.15) is 46.6 Å². The third kappa shape index (κ3) is 6.29. The van der Waals surface area contributed by atoms with E-state index in [-0.39, 0.29) is 11.3 Å². The van der Waals surface area contributed by atoms with Crippen molar-refractivity contribution >= 4 is 15.9 Å². The number of amides is 1. The molecule has 0 atom stereocenters. The van der Waals surface area contributed by atoms with Gasteiger partial charge < -0.3 is 5.32 Å². The van der Waals surface area contributed by atoms with Gasteiger partial charge in [-0.15, -0.1) is 0 Å². The van der Waals surface area contributed by atoms with Crippen LogP contribution in [-0.2, 0) is 20.2 Å². The molecule has 0 unspecified atom stereocenters. The molecule has 1 aliphatic heterocycles. The summed E-state index contributed by atoms with van der Waals surface area (Å²) in [6.07, 6.45) is 0.964. The molecule has 7 heteroatoms. The molecule has 2 rings (SSSR count). The van der Waals surface area contributed by atoms with Crippen molar-refractivity contribution in [2.24, 2.45) is 5.92 Å². The number of piperazine rings is 1. The minimum absolute atomic E-state index is 0.00901. The van der Waals surface area contributed by atoms with Crippen LogP contribution in [0, 0.1) is 5.92 Å². The number of carbonyl (C=O) groups is 1. The molecule has 1 aromatic rings. The third-order valence-electron chi connectivity index (χ3n) is 5.10. The summed E-state index contributed by atoms with van der Waals surface area (Å²) in [4.78, 5) is 14.4. The van der Waals surface area contributed by atoms with Gasteiger partial charge in [-0.25, -0.2) is 8.42 Å². The highest BCUT2D eigenvalue weighted by molar-refractivity contribution is 7.89. The van der Waals surface area contributed by atoms with E-state index in [4.69, 9.17) is 0 Å². The number of hydrogen-bond donors (Lipinski definition) is 1. The van der Waals surface area contributed by atoms with Gasteiger partial charge in [0.15, 0.2) is 0 Å². The fourth-order valence-electron chi connectivity index (χ4n) is 3.16. The van der Waals surface area contributed by atoms with Crippen molar-refractivity contribution < 1.29 is 13.2 Å². The molecule has 0 radical (unpaired) electrons. The lowest BCUT2D eigenvalue weighted by Gasteiger charge is -2.33. The molecule has 1 amide bonds. The molecule has 1 fully saturated rings. The third-order valence-corrected chi connectivity index (χ3v) is 7.01. The van der Waals surface area contributed by atoms with Gasteiger partial charge in [0.2, 0.25) is 15.9 Å². The van der Waals surface area contributed by atoms with Gasteiger partial charge in [0.25, 0.3) is 0 Å². The van der Waals surface area contributed by atoms with E-state index < -0.39 is 10.0 Å². The molecule has 158 valence electrons. The average Bonchev–Trinajstić information content (AvgIpc) is 2.61.